The summed E-state index contributed by atoms with van der Waals surface area (Å²) in [4.78, 5) is 11.7. The van der Waals surface area contributed by atoms with Gasteiger partial charge in [0.2, 0.25) is 0 Å². The van der Waals surface area contributed by atoms with Crippen LogP contribution >= 0.6 is 28.1 Å². The van der Waals surface area contributed by atoms with E-state index < -0.39 is 11.4 Å². The molecular weight excluding hydrogens is 295 g/mol. The molecule has 6 heteroatoms. The smallest absolute Gasteiger partial charge is 0.256 e. The number of carbonyl (C=O) groups excluding carboxylic acids is 1. The van der Waals surface area contributed by atoms with Crippen molar-refractivity contribution in [1.29, 1.82) is 0 Å². The van der Waals surface area contributed by atoms with Crippen molar-refractivity contribution in [3.63, 3.8) is 0 Å². The number of carbonyl (C=O) groups is 1. The summed E-state index contributed by atoms with van der Waals surface area (Å²) in [7, 11) is 0. The van der Waals surface area contributed by atoms with E-state index in [4.69, 9.17) is 12.2 Å². The molecule has 1 atom stereocenters. The normalized spacial score (nSPS) is 24.2. The summed E-state index contributed by atoms with van der Waals surface area (Å²) in [6.45, 7) is 1.59. The largest absolute Gasteiger partial charge is 0.345 e. The van der Waals surface area contributed by atoms with Crippen molar-refractivity contribution in [2.24, 2.45) is 0 Å². The zero-order valence-corrected chi connectivity index (χ0v) is 10.7. The second-order valence-electron chi connectivity index (χ2n) is 3.66. The molecule has 1 aliphatic rings. The topological polar surface area (TPSA) is 41.1 Å². The average molecular weight is 303 g/mol. The third-order valence-corrected chi connectivity index (χ3v) is 3.21. The molecule has 0 aliphatic carbocycles. The lowest BCUT2D eigenvalue weighted by molar-refractivity contribution is -0.123. The molecule has 1 unspecified atom stereocenters. The molecule has 1 saturated heterocycles. The molecule has 1 aromatic carbocycles. The van der Waals surface area contributed by atoms with E-state index >= 15 is 0 Å². The van der Waals surface area contributed by atoms with Gasteiger partial charge in [-0.05, 0) is 31.3 Å². The Morgan fingerprint density at radius 3 is 2.69 bits per heavy atom. The van der Waals surface area contributed by atoms with Crippen molar-refractivity contribution >= 4 is 39.2 Å². The van der Waals surface area contributed by atoms with Crippen molar-refractivity contribution in [2.75, 3.05) is 0 Å². The Morgan fingerprint density at radius 1 is 1.50 bits per heavy atom. The minimum Gasteiger partial charge on any atom is -0.345 e. The van der Waals surface area contributed by atoms with Gasteiger partial charge in [0.05, 0.1) is 0 Å². The van der Waals surface area contributed by atoms with Gasteiger partial charge in [0.1, 0.15) is 11.4 Å². The molecule has 1 fully saturated rings. The second kappa shape index (κ2) is 3.78. The summed E-state index contributed by atoms with van der Waals surface area (Å²) >= 11 is 8.00. The minimum absolute atomic E-state index is 0.217. The number of halogens is 2. The van der Waals surface area contributed by atoms with Crippen LogP contribution in [0, 0.1) is 5.82 Å². The lowest BCUT2D eigenvalue weighted by atomic mass is 9.92. The van der Waals surface area contributed by atoms with Crippen LogP contribution in [-0.4, -0.2) is 11.0 Å². The van der Waals surface area contributed by atoms with Crippen molar-refractivity contribution in [3.05, 3.63) is 34.1 Å². The first-order valence-corrected chi connectivity index (χ1v) is 5.73. The fraction of sp³-hybridized carbons (Fsp3) is 0.200. The molecule has 0 aromatic heterocycles. The van der Waals surface area contributed by atoms with Crippen LogP contribution in [-0.2, 0) is 10.3 Å². The lowest BCUT2D eigenvalue weighted by Crippen LogP contribution is -2.41. The maximum absolute atomic E-state index is 13.8. The van der Waals surface area contributed by atoms with Gasteiger partial charge in [-0.2, -0.15) is 0 Å². The van der Waals surface area contributed by atoms with Crippen LogP contribution in [0.15, 0.2) is 22.7 Å². The van der Waals surface area contributed by atoms with Crippen molar-refractivity contribution in [2.45, 2.75) is 12.5 Å². The molecule has 1 heterocycles. The maximum Gasteiger partial charge on any atom is 0.256 e. The van der Waals surface area contributed by atoms with Crippen LogP contribution in [0.3, 0.4) is 0 Å². The summed E-state index contributed by atoms with van der Waals surface area (Å²) in [5.74, 6) is -0.803. The third-order valence-electron chi connectivity index (χ3n) is 2.51. The molecule has 3 nitrogen and oxygen atoms in total. The van der Waals surface area contributed by atoms with Gasteiger partial charge >= 0.3 is 0 Å². The van der Waals surface area contributed by atoms with Crippen molar-refractivity contribution < 1.29 is 9.18 Å². The predicted octanol–water partition coefficient (Wildman–Crippen LogP) is 1.81. The molecule has 0 saturated carbocycles. The summed E-state index contributed by atoms with van der Waals surface area (Å²) in [6, 6.07) is 4.55. The number of hydrogen-bond acceptors (Lipinski definition) is 2. The van der Waals surface area contributed by atoms with Gasteiger partial charge in [0.25, 0.3) is 5.91 Å². The third kappa shape index (κ3) is 1.72. The summed E-state index contributed by atoms with van der Waals surface area (Å²) < 4.78 is 14.4. The van der Waals surface area contributed by atoms with Gasteiger partial charge in [-0.25, -0.2) is 4.39 Å². The van der Waals surface area contributed by atoms with E-state index in [2.05, 4.69) is 26.6 Å². The molecule has 0 spiro atoms. The Hall–Kier alpha value is -1.01. The quantitative estimate of drug-likeness (QED) is 0.778. The van der Waals surface area contributed by atoms with Crippen LogP contribution in [0.2, 0.25) is 0 Å². The molecule has 84 valence electrons. The molecule has 2 N–H and O–H groups in total. The minimum atomic E-state index is -1.14. The number of rotatable bonds is 1. The first-order valence-electron chi connectivity index (χ1n) is 4.52. The van der Waals surface area contributed by atoms with E-state index in [-0.39, 0.29) is 16.6 Å². The van der Waals surface area contributed by atoms with Gasteiger partial charge in [-0.3, -0.25) is 4.79 Å². The summed E-state index contributed by atoms with van der Waals surface area (Å²) in [6.07, 6.45) is 0. The van der Waals surface area contributed by atoms with Crippen LogP contribution in [0.1, 0.15) is 12.5 Å². The fourth-order valence-corrected chi connectivity index (χ4v) is 2.26. The predicted molar refractivity (Wildman–Crippen MR) is 65.3 cm³/mol. The van der Waals surface area contributed by atoms with E-state index in [0.717, 1.165) is 0 Å². The van der Waals surface area contributed by atoms with Gasteiger partial charge < -0.3 is 10.6 Å². The summed E-state index contributed by atoms with van der Waals surface area (Å²) in [5.41, 5.74) is -0.866. The van der Waals surface area contributed by atoms with Gasteiger partial charge in [0, 0.05) is 10.0 Å². The molecule has 1 amide bonds. The molecular formula is C10H8BrFN2OS. The Labute approximate surface area is 106 Å². The van der Waals surface area contributed by atoms with E-state index in [1.54, 1.807) is 19.1 Å². The first kappa shape index (κ1) is 11.5. The zero-order chi connectivity index (χ0) is 11.9. The van der Waals surface area contributed by atoms with Gasteiger partial charge in [-0.1, -0.05) is 22.0 Å². The van der Waals surface area contributed by atoms with Gasteiger partial charge in [-0.15, -0.1) is 0 Å². The number of amides is 1. The highest BCUT2D eigenvalue weighted by atomic mass is 79.9. The van der Waals surface area contributed by atoms with E-state index in [1.807, 2.05) is 0 Å². The van der Waals surface area contributed by atoms with Gasteiger partial charge in [0.15, 0.2) is 5.11 Å². The Morgan fingerprint density at radius 2 is 2.19 bits per heavy atom. The molecule has 2 rings (SSSR count). The highest BCUT2D eigenvalue weighted by Gasteiger charge is 2.43. The molecule has 1 aliphatic heterocycles. The Kier molecular flexibility index (Phi) is 2.71. The van der Waals surface area contributed by atoms with Crippen LogP contribution < -0.4 is 10.6 Å². The lowest BCUT2D eigenvalue weighted by Gasteiger charge is -2.22. The Balaban J connectivity index is 2.51. The molecule has 1 aromatic rings. The van der Waals surface area contributed by atoms with Crippen LogP contribution in [0.5, 0.6) is 0 Å². The molecule has 16 heavy (non-hydrogen) atoms. The van der Waals surface area contributed by atoms with Crippen molar-refractivity contribution in [3.8, 4) is 0 Å². The number of nitrogens with one attached hydrogen (secondary N) is 2. The zero-order valence-electron chi connectivity index (χ0n) is 8.30. The fourth-order valence-electron chi connectivity index (χ4n) is 1.63. The van der Waals surface area contributed by atoms with E-state index in [1.165, 1.54) is 6.07 Å². The average Bonchev–Trinajstić information content (AvgIpc) is 2.40. The molecule has 0 bridgehead atoms. The SMILES string of the molecule is CC1(c2ccc(Br)cc2F)NC(=S)NC1=O. The van der Waals surface area contributed by atoms with Crippen LogP contribution in [0.4, 0.5) is 4.39 Å². The van der Waals surface area contributed by atoms with E-state index in [0.29, 0.717) is 4.47 Å². The second-order valence-corrected chi connectivity index (χ2v) is 4.98. The highest BCUT2D eigenvalue weighted by Crippen LogP contribution is 2.28. The summed E-state index contributed by atoms with van der Waals surface area (Å²) in [5, 5.41) is 5.44. The Bertz CT molecular complexity index is 494. The first-order chi connectivity index (χ1) is 7.43. The van der Waals surface area contributed by atoms with E-state index in [9.17, 15) is 9.18 Å². The molecule has 0 radical (unpaired) electrons. The number of thiocarbonyl (C=S) groups is 1. The van der Waals surface area contributed by atoms with Crippen LogP contribution in [0.25, 0.3) is 0 Å². The highest BCUT2D eigenvalue weighted by molar-refractivity contribution is 9.10. The standard InChI is InChI=1S/C10H8BrFN2OS/c1-10(8(15)13-9(16)14-10)6-3-2-5(11)4-7(6)12/h2-4H,1H3,(H2,13,14,15,16). The number of hydrogen-bond donors (Lipinski definition) is 2. The number of benzene rings is 1. The maximum atomic E-state index is 13.8. The monoisotopic (exact) mass is 302 g/mol. The van der Waals surface area contributed by atoms with Crippen molar-refractivity contribution in [1.82, 2.24) is 10.6 Å².